The first kappa shape index (κ1) is 23.4. The van der Waals surface area contributed by atoms with Crippen molar-refractivity contribution < 1.29 is 19.6 Å². The molecule has 0 bridgehead atoms. The van der Waals surface area contributed by atoms with Crippen LogP contribution in [0.1, 0.15) is 21.5 Å². The van der Waals surface area contributed by atoms with Gasteiger partial charge in [0.2, 0.25) is 5.75 Å². The van der Waals surface area contributed by atoms with E-state index in [4.69, 9.17) is 21.4 Å². The molecule has 0 unspecified atom stereocenters. The smallest absolute Gasteiger partial charge is 0.349 e. The number of fused-ring (bicyclic) bond motifs is 1. The van der Waals surface area contributed by atoms with Crippen molar-refractivity contribution >= 4 is 40.4 Å². The van der Waals surface area contributed by atoms with Crippen molar-refractivity contribution in [2.75, 3.05) is 0 Å². The topological polar surface area (TPSA) is 157 Å². The van der Waals surface area contributed by atoms with Gasteiger partial charge in [-0.15, -0.1) is 4.68 Å². The second kappa shape index (κ2) is 9.61. The molecule has 35 heavy (non-hydrogen) atoms. The fourth-order valence-corrected chi connectivity index (χ4v) is 3.56. The summed E-state index contributed by atoms with van der Waals surface area (Å²) in [5.74, 6) is -1.35. The number of nitro groups is 1. The van der Waals surface area contributed by atoms with Crippen molar-refractivity contribution in [2.45, 2.75) is 6.61 Å². The lowest BCUT2D eigenvalue weighted by Crippen LogP contribution is -2.32. The number of para-hydroxylation sites is 1. The third-order valence-electron chi connectivity index (χ3n) is 4.91. The predicted octanol–water partition coefficient (Wildman–Crippen LogP) is 3.41. The molecule has 0 saturated carbocycles. The van der Waals surface area contributed by atoms with Gasteiger partial charge in [0.25, 0.3) is 5.56 Å². The third kappa shape index (κ3) is 4.94. The van der Waals surface area contributed by atoms with Crippen LogP contribution in [0.2, 0.25) is 5.02 Å². The summed E-state index contributed by atoms with van der Waals surface area (Å²) >= 11 is 6.23. The van der Waals surface area contributed by atoms with E-state index in [0.717, 1.165) is 12.3 Å². The summed E-state index contributed by atoms with van der Waals surface area (Å²) in [7, 11) is 0. The molecule has 0 aliphatic carbocycles. The highest BCUT2D eigenvalue weighted by Crippen LogP contribution is 2.36. The lowest BCUT2D eigenvalue weighted by atomic mass is 10.1. The maximum Gasteiger partial charge on any atom is 0.349 e. The van der Waals surface area contributed by atoms with Crippen molar-refractivity contribution in [1.29, 1.82) is 0 Å². The molecule has 0 aliphatic heterocycles. The molecule has 4 rings (SSSR count). The molecule has 0 aliphatic rings. The highest BCUT2D eigenvalue weighted by Gasteiger charge is 2.21. The van der Waals surface area contributed by atoms with E-state index in [0.29, 0.717) is 15.8 Å². The van der Waals surface area contributed by atoms with Gasteiger partial charge in [0, 0.05) is 11.6 Å². The van der Waals surface area contributed by atoms with Gasteiger partial charge in [-0.25, -0.2) is 9.59 Å². The van der Waals surface area contributed by atoms with Gasteiger partial charge in [-0.1, -0.05) is 35.9 Å². The second-order valence-corrected chi connectivity index (χ2v) is 7.65. The van der Waals surface area contributed by atoms with Gasteiger partial charge in [-0.05, 0) is 35.9 Å². The molecule has 1 aromatic heterocycles. The first-order chi connectivity index (χ1) is 16.7. The summed E-state index contributed by atoms with van der Waals surface area (Å²) in [6.45, 7) is -0.170. The second-order valence-electron chi connectivity index (χ2n) is 7.24. The molecule has 11 nitrogen and oxygen atoms in total. The first-order valence-electron chi connectivity index (χ1n) is 9.96. The molecule has 0 amide bonds. The molecule has 0 radical (unpaired) electrons. The highest BCUT2D eigenvalue weighted by atomic mass is 35.5. The van der Waals surface area contributed by atoms with Crippen LogP contribution in [-0.2, 0) is 6.61 Å². The van der Waals surface area contributed by atoms with E-state index in [-0.39, 0.29) is 33.9 Å². The highest BCUT2D eigenvalue weighted by molar-refractivity contribution is 6.32. The van der Waals surface area contributed by atoms with Crippen LogP contribution in [0, 0.1) is 10.1 Å². The van der Waals surface area contributed by atoms with E-state index in [1.165, 1.54) is 30.3 Å². The molecule has 0 saturated heterocycles. The third-order valence-corrected chi connectivity index (χ3v) is 5.19. The molecule has 1 heterocycles. The first-order valence-corrected chi connectivity index (χ1v) is 10.3. The minimum absolute atomic E-state index is 0.0391. The number of benzene rings is 3. The Balaban J connectivity index is 1.66. The summed E-state index contributed by atoms with van der Waals surface area (Å²) in [4.78, 5) is 49.4. The molecule has 12 heteroatoms. The fourth-order valence-electron chi connectivity index (χ4n) is 3.28. The normalized spacial score (nSPS) is 11.1. The predicted molar refractivity (Wildman–Crippen MR) is 128 cm³/mol. The minimum atomic E-state index is -1.12. The van der Waals surface area contributed by atoms with Gasteiger partial charge < -0.3 is 14.8 Å². The lowest BCUT2D eigenvalue weighted by molar-refractivity contribution is -0.385. The number of carboxylic acids is 1. The number of hydrogen-bond acceptors (Lipinski definition) is 7. The zero-order valence-electron chi connectivity index (χ0n) is 17.7. The molecule has 0 fully saturated rings. The number of rotatable bonds is 7. The number of H-pyrrole nitrogens is 1. The van der Waals surface area contributed by atoms with Gasteiger partial charge in [0.1, 0.15) is 6.61 Å². The summed E-state index contributed by atoms with van der Waals surface area (Å²) in [5.41, 5.74) is -0.927. The summed E-state index contributed by atoms with van der Waals surface area (Å²) in [6, 6.07) is 14.8. The van der Waals surface area contributed by atoms with Crippen LogP contribution in [0.25, 0.3) is 10.9 Å². The van der Waals surface area contributed by atoms with Gasteiger partial charge >= 0.3 is 17.3 Å². The molecule has 0 atom stereocenters. The summed E-state index contributed by atoms with van der Waals surface area (Å²) in [6.07, 6.45) is 1.09. The van der Waals surface area contributed by atoms with Crippen LogP contribution in [0.3, 0.4) is 0 Å². The monoisotopic (exact) mass is 494 g/mol. The Morgan fingerprint density at radius 3 is 2.69 bits per heavy atom. The standard InChI is InChI=1S/C23H15ClN4O7/c24-17-9-14(11-25-27-21(29)16-6-1-2-7-18(16)26-23(27)32)10-19(28(33)34)20(17)35-12-13-4-3-5-15(8-13)22(30)31/h1-11H,12H2,(H,26,32)(H,30,31). The number of carboxylic acid groups (broad SMARTS) is 1. The zero-order valence-corrected chi connectivity index (χ0v) is 18.4. The number of carbonyl (C=O) groups is 1. The van der Waals surface area contributed by atoms with E-state index >= 15 is 0 Å². The van der Waals surface area contributed by atoms with E-state index < -0.39 is 27.8 Å². The van der Waals surface area contributed by atoms with E-state index in [2.05, 4.69) is 10.1 Å². The van der Waals surface area contributed by atoms with Crippen molar-refractivity contribution in [2.24, 2.45) is 5.10 Å². The van der Waals surface area contributed by atoms with Gasteiger partial charge in [0.05, 0.1) is 32.6 Å². The molecule has 2 N–H and O–H groups in total. The average Bonchev–Trinajstić information content (AvgIpc) is 2.83. The zero-order chi connectivity index (χ0) is 25.1. The Bertz CT molecular complexity index is 1620. The molecule has 176 valence electrons. The number of nitrogens with one attached hydrogen (secondary N) is 1. The van der Waals surface area contributed by atoms with Crippen LogP contribution in [0.15, 0.2) is 75.4 Å². The Morgan fingerprint density at radius 1 is 1.17 bits per heavy atom. The van der Waals surface area contributed by atoms with E-state index in [1.807, 2.05) is 0 Å². The van der Waals surface area contributed by atoms with Gasteiger partial charge in [0.15, 0.2) is 0 Å². The Hall–Kier alpha value is -4.77. The minimum Gasteiger partial charge on any atom is -0.481 e. The van der Waals surface area contributed by atoms with Crippen molar-refractivity contribution in [1.82, 2.24) is 9.66 Å². The molecule has 4 aromatic rings. The van der Waals surface area contributed by atoms with E-state index in [1.54, 1.807) is 24.3 Å². The van der Waals surface area contributed by atoms with Crippen LogP contribution in [0.4, 0.5) is 5.69 Å². The molecule has 0 spiro atoms. The quantitative estimate of drug-likeness (QED) is 0.226. The van der Waals surface area contributed by atoms with Crippen molar-refractivity contribution in [3.8, 4) is 5.75 Å². The number of aromatic carboxylic acids is 1. The SMILES string of the molecule is O=C(O)c1cccc(COc2c(Cl)cc(C=Nn3c(=O)[nH]c4ccccc4c3=O)cc2[N+](=O)[O-])c1. The molecular weight excluding hydrogens is 480 g/mol. The van der Waals surface area contributed by atoms with Crippen LogP contribution in [0.5, 0.6) is 5.75 Å². The molecular formula is C23H15ClN4O7. The maximum atomic E-state index is 12.6. The number of aromatic nitrogens is 2. The maximum absolute atomic E-state index is 12.6. The lowest BCUT2D eigenvalue weighted by Gasteiger charge is -2.10. The summed E-state index contributed by atoms with van der Waals surface area (Å²) in [5, 5.41) is 24.7. The number of hydrogen-bond donors (Lipinski definition) is 2. The number of nitrogens with zero attached hydrogens (tertiary/aromatic N) is 3. The van der Waals surface area contributed by atoms with Gasteiger partial charge in [-0.2, -0.15) is 5.10 Å². The van der Waals surface area contributed by atoms with Crippen molar-refractivity contribution in [3.63, 3.8) is 0 Å². The van der Waals surface area contributed by atoms with Crippen LogP contribution in [-0.4, -0.2) is 31.9 Å². The van der Waals surface area contributed by atoms with Crippen molar-refractivity contribution in [3.05, 3.63) is 113 Å². The van der Waals surface area contributed by atoms with Crippen LogP contribution < -0.4 is 16.0 Å². The molecule has 3 aromatic carbocycles. The van der Waals surface area contributed by atoms with E-state index in [9.17, 15) is 24.5 Å². The fraction of sp³-hybridized carbons (Fsp3) is 0.0435. The average molecular weight is 495 g/mol. The van der Waals surface area contributed by atoms with Crippen LogP contribution >= 0.6 is 11.6 Å². The Kier molecular flexibility index (Phi) is 6.42. The number of aromatic amines is 1. The summed E-state index contributed by atoms with van der Waals surface area (Å²) < 4.78 is 6.13. The largest absolute Gasteiger partial charge is 0.481 e. The Morgan fingerprint density at radius 2 is 1.94 bits per heavy atom. The number of halogens is 1. The number of nitro benzene ring substituents is 1. The number of ether oxygens (including phenoxy) is 1. The van der Waals surface area contributed by atoms with Gasteiger partial charge in [-0.3, -0.25) is 14.9 Å². The Labute approximate surface area is 200 Å².